The Bertz CT molecular complexity index is 1500. The highest BCUT2D eigenvalue weighted by molar-refractivity contribution is 5.97. The molecule has 0 saturated carbocycles. The van der Waals surface area contributed by atoms with Crippen LogP contribution in [0.15, 0.2) is 91.0 Å². The van der Waals surface area contributed by atoms with Gasteiger partial charge in [-0.05, 0) is 34.9 Å². The second kappa shape index (κ2) is 11.8. The summed E-state index contributed by atoms with van der Waals surface area (Å²) >= 11 is 0. The van der Waals surface area contributed by atoms with Crippen LogP contribution < -0.4 is 17.2 Å². The van der Waals surface area contributed by atoms with Gasteiger partial charge in [0, 0.05) is 33.8 Å². The van der Waals surface area contributed by atoms with Gasteiger partial charge in [-0.15, -0.1) is 0 Å². The first-order valence-electron chi connectivity index (χ1n) is 12.0. The monoisotopic (exact) mass is 504 g/mol. The summed E-state index contributed by atoms with van der Waals surface area (Å²) in [6, 6.07) is 34.3. The molecule has 0 unspecified atom stereocenters. The molecule has 186 valence electrons. The van der Waals surface area contributed by atoms with E-state index in [-0.39, 0.29) is 50.5 Å². The molecule has 6 nitrogen and oxygen atoms in total. The number of nitrogens with zero attached hydrogens (tertiary/aromatic N) is 3. The molecule has 0 aliphatic rings. The summed E-state index contributed by atoms with van der Waals surface area (Å²) in [5.41, 5.74) is 23.1. The van der Waals surface area contributed by atoms with Gasteiger partial charge in [0.05, 0.1) is 16.7 Å². The minimum Gasteiger partial charge on any atom is -0.398 e. The van der Waals surface area contributed by atoms with Gasteiger partial charge in [-0.25, -0.2) is 0 Å². The zero-order chi connectivity index (χ0) is 27.8. The van der Waals surface area contributed by atoms with Crippen LogP contribution in [0.2, 0.25) is 0 Å². The molecule has 0 aliphatic carbocycles. The van der Waals surface area contributed by atoms with Crippen molar-refractivity contribution in [2.45, 2.75) is 0 Å². The fourth-order valence-corrected chi connectivity index (χ4v) is 4.35. The second-order valence-corrected chi connectivity index (χ2v) is 8.62. The number of rotatable bonds is 6. The molecule has 0 radical (unpaired) electrons. The third-order valence-corrected chi connectivity index (χ3v) is 6.07. The van der Waals surface area contributed by atoms with E-state index in [0.717, 1.165) is 16.7 Å². The Balaban J connectivity index is 2.13. The Morgan fingerprint density at radius 3 is 0.872 bits per heavy atom. The van der Waals surface area contributed by atoms with Crippen molar-refractivity contribution in [2.75, 3.05) is 0 Å². The van der Waals surface area contributed by atoms with Crippen LogP contribution in [0.5, 0.6) is 0 Å². The predicted octanol–water partition coefficient (Wildman–Crippen LogP) is 5.67. The summed E-state index contributed by atoms with van der Waals surface area (Å²) in [5.74, 6) is 0. The molecule has 0 aliphatic heterocycles. The maximum absolute atomic E-state index is 10.4. The molecule has 0 heterocycles. The van der Waals surface area contributed by atoms with E-state index in [0.29, 0.717) is 0 Å². The molecule has 0 spiro atoms. The van der Waals surface area contributed by atoms with Crippen molar-refractivity contribution >= 4 is 35.3 Å². The van der Waals surface area contributed by atoms with Gasteiger partial charge in [0.25, 0.3) is 0 Å². The number of benzene rings is 4. The molecular weight excluding hydrogens is 480 g/mol. The topological polar surface area (TPSA) is 149 Å². The van der Waals surface area contributed by atoms with Crippen molar-refractivity contribution in [3.05, 3.63) is 141 Å². The van der Waals surface area contributed by atoms with Gasteiger partial charge in [0.15, 0.2) is 0 Å². The summed E-state index contributed by atoms with van der Waals surface area (Å²) < 4.78 is 0. The fourth-order valence-electron chi connectivity index (χ4n) is 4.35. The highest BCUT2D eigenvalue weighted by atomic mass is 14.6. The largest absolute Gasteiger partial charge is 0.398 e. The van der Waals surface area contributed by atoms with E-state index in [1.54, 1.807) is 18.2 Å². The summed E-state index contributed by atoms with van der Waals surface area (Å²) in [5, 5.41) is 31.1. The van der Waals surface area contributed by atoms with Crippen molar-refractivity contribution in [2.24, 2.45) is 17.2 Å². The lowest BCUT2D eigenvalue weighted by molar-refractivity contribution is 1.31. The maximum atomic E-state index is 10.4. The highest BCUT2D eigenvalue weighted by Gasteiger charge is 2.28. The van der Waals surface area contributed by atoms with E-state index in [2.05, 4.69) is 18.2 Å². The first-order valence-corrected chi connectivity index (χ1v) is 12.0. The lowest BCUT2D eigenvalue weighted by Crippen LogP contribution is -2.15. The van der Waals surface area contributed by atoms with Gasteiger partial charge in [0.1, 0.15) is 18.2 Å². The Morgan fingerprint density at radius 2 is 0.667 bits per heavy atom. The lowest BCUT2D eigenvalue weighted by Gasteiger charge is -2.19. The Hall–Kier alpha value is -6.03. The van der Waals surface area contributed by atoms with Crippen LogP contribution in [0.25, 0.3) is 35.3 Å². The third kappa shape index (κ3) is 5.54. The van der Waals surface area contributed by atoms with Crippen LogP contribution in [0.3, 0.4) is 0 Å². The zero-order valence-electron chi connectivity index (χ0n) is 21.0. The lowest BCUT2D eigenvalue weighted by atomic mass is 9.83. The number of hydrogen-bond acceptors (Lipinski definition) is 6. The van der Waals surface area contributed by atoms with Crippen molar-refractivity contribution in [3.8, 4) is 18.2 Å². The van der Waals surface area contributed by atoms with E-state index in [9.17, 15) is 15.8 Å². The molecule has 6 N–H and O–H groups in total. The van der Waals surface area contributed by atoms with Gasteiger partial charge < -0.3 is 17.2 Å². The highest BCUT2D eigenvalue weighted by Crippen LogP contribution is 2.37. The molecular formula is C33H24N6. The molecule has 0 atom stereocenters. The quantitative estimate of drug-likeness (QED) is 0.288. The van der Waals surface area contributed by atoms with Crippen molar-refractivity contribution in [3.63, 3.8) is 0 Å². The van der Waals surface area contributed by atoms with Gasteiger partial charge >= 0.3 is 0 Å². The molecule has 0 bridgehead atoms. The average molecular weight is 505 g/mol. The normalized spacial score (nSPS) is 11.8. The Kier molecular flexibility index (Phi) is 7.88. The third-order valence-electron chi connectivity index (χ3n) is 6.07. The summed E-state index contributed by atoms with van der Waals surface area (Å²) in [6.07, 6.45) is 5.01. The Morgan fingerprint density at radius 1 is 0.436 bits per heavy atom. The number of nitriles is 3. The number of hydrogen-bond donors (Lipinski definition) is 3. The van der Waals surface area contributed by atoms with Gasteiger partial charge in [-0.2, -0.15) is 15.8 Å². The molecule has 4 aromatic rings. The van der Waals surface area contributed by atoms with Crippen LogP contribution in [0.1, 0.15) is 50.1 Å². The van der Waals surface area contributed by atoms with Crippen LogP contribution in [-0.4, -0.2) is 0 Å². The first-order chi connectivity index (χ1) is 19.0. The predicted molar refractivity (Wildman–Crippen MR) is 156 cm³/mol. The van der Waals surface area contributed by atoms with Gasteiger partial charge in [-0.1, -0.05) is 91.0 Å². The van der Waals surface area contributed by atoms with E-state index in [1.807, 2.05) is 91.0 Å². The maximum Gasteiger partial charge on any atom is 0.101 e. The smallest absolute Gasteiger partial charge is 0.101 e. The number of nitrogens with two attached hydrogens (primary N) is 3. The van der Waals surface area contributed by atoms with E-state index >= 15 is 0 Å². The zero-order valence-corrected chi connectivity index (χ0v) is 21.0. The standard InChI is InChI=1S/C33H24N6/c34-19-25-31(28(37)16-22-10-4-1-5-11-22)26(20-35)33(30(39)18-24-14-8-3-9-15-24)27(21-36)32(25)29(38)17-23-12-6-2-7-13-23/h1-18H,37-39H2. The van der Waals surface area contributed by atoms with Crippen molar-refractivity contribution < 1.29 is 0 Å². The van der Waals surface area contributed by atoms with E-state index in [4.69, 9.17) is 17.2 Å². The first kappa shape index (κ1) is 26.0. The molecule has 0 saturated heterocycles. The minimum atomic E-state index is 0.0220. The molecule has 39 heavy (non-hydrogen) atoms. The summed E-state index contributed by atoms with van der Waals surface area (Å²) in [6.45, 7) is 0. The van der Waals surface area contributed by atoms with Crippen LogP contribution in [0, 0.1) is 34.0 Å². The SMILES string of the molecule is N#Cc1c(C(N)=Cc2ccccc2)c(C#N)c(C(N)=Cc2ccccc2)c(C#N)c1C(N)=Cc1ccccc1. The van der Waals surface area contributed by atoms with Gasteiger partial charge in [0.2, 0.25) is 0 Å². The summed E-state index contributed by atoms with van der Waals surface area (Å²) in [4.78, 5) is 0. The summed E-state index contributed by atoms with van der Waals surface area (Å²) in [7, 11) is 0. The molecule has 0 fully saturated rings. The molecule has 0 amide bonds. The van der Waals surface area contributed by atoms with Crippen molar-refractivity contribution in [1.29, 1.82) is 15.8 Å². The molecule has 0 aromatic heterocycles. The van der Waals surface area contributed by atoms with Crippen LogP contribution in [-0.2, 0) is 0 Å². The van der Waals surface area contributed by atoms with E-state index in [1.165, 1.54) is 0 Å². The average Bonchev–Trinajstić information content (AvgIpc) is 2.96. The minimum absolute atomic E-state index is 0.0220. The molecule has 6 heteroatoms. The Labute approximate surface area is 227 Å². The van der Waals surface area contributed by atoms with Crippen molar-refractivity contribution in [1.82, 2.24) is 0 Å². The van der Waals surface area contributed by atoms with E-state index < -0.39 is 0 Å². The molecule has 4 aromatic carbocycles. The molecule has 4 rings (SSSR count). The van der Waals surface area contributed by atoms with Crippen LogP contribution in [0.4, 0.5) is 0 Å². The van der Waals surface area contributed by atoms with Gasteiger partial charge in [-0.3, -0.25) is 0 Å². The second-order valence-electron chi connectivity index (χ2n) is 8.62. The van der Waals surface area contributed by atoms with Crippen LogP contribution >= 0.6 is 0 Å². The fraction of sp³-hybridized carbons (Fsp3) is 0.